The minimum Gasteiger partial charge on any atom is -0.481 e. The number of nitrogens with one attached hydrogen (secondary N) is 1. The molecule has 1 aromatic heterocycles. The van der Waals surface area contributed by atoms with Crippen molar-refractivity contribution in [2.75, 3.05) is 18.3 Å². The van der Waals surface area contributed by atoms with E-state index in [0.717, 1.165) is 18.5 Å². The summed E-state index contributed by atoms with van der Waals surface area (Å²) >= 11 is 5.72. The molecule has 0 aliphatic rings. The maximum Gasteiger partial charge on any atom is 0.214 e. The smallest absolute Gasteiger partial charge is 0.214 e. The van der Waals surface area contributed by atoms with Crippen LogP contribution in [-0.4, -0.2) is 24.0 Å². The first-order valence-corrected chi connectivity index (χ1v) is 5.66. The quantitative estimate of drug-likeness (QED) is 0.761. The number of nitrogens with zero attached hydrogens (tertiary/aromatic N) is 1. The highest BCUT2D eigenvalue weighted by Gasteiger charge is 2.05. The van der Waals surface area contributed by atoms with E-state index in [1.807, 2.05) is 12.1 Å². The molecule has 0 fully saturated rings. The molecular formula is C11H17ClN2O. The van der Waals surface area contributed by atoms with Crippen molar-refractivity contribution in [3.63, 3.8) is 0 Å². The Morgan fingerprint density at radius 1 is 1.60 bits per heavy atom. The van der Waals surface area contributed by atoms with Crippen molar-refractivity contribution >= 4 is 17.3 Å². The van der Waals surface area contributed by atoms with Gasteiger partial charge in [0, 0.05) is 29.9 Å². The van der Waals surface area contributed by atoms with E-state index >= 15 is 0 Å². The van der Waals surface area contributed by atoms with Crippen molar-refractivity contribution in [2.24, 2.45) is 0 Å². The van der Waals surface area contributed by atoms with E-state index in [1.54, 1.807) is 13.3 Å². The van der Waals surface area contributed by atoms with Crippen LogP contribution in [-0.2, 0) is 0 Å². The Hall–Kier alpha value is -0.960. The average Bonchev–Trinajstić information content (AvgIpc) is 2.29. The number of methoxy groups -OCH3 is 1. The molecule has 1 aromatic rings. The minimum atomic E-state index is 0.412. The van der Waals surface area contributed by atoms with Crippen LogP contribution in [0.5, 0.6) is 5.88 Å². The zero-order chi connectivity index (χ0) is 11.1. The van der Waals surface area contributed by atoms with Gasteiger partial charge in [0.2, 0.25) is 5.88 Å². The zero-order valence-corrected chi connectivity index (χ0v) is 9.92. The van der Waals surface area contributed by atoms with Crippen molar-refractivity contribution in [1.29, 1.82) is 0 Å². The summed E-state index contributed by atoms with van der Waals surface area (Å²) in [5.74, 6) is 1.30. The van der Waals surface area contributed by atoms with Crippen molar-refractivity contribution in [2.45, 2.75) is 25.8 Å². The van der Waals surface area contributed by atoms with Gasteiger partial charge in [0.25, 0.3) is 0 Å². The average molecular weight is 229 g/mol. The van der Waals surface area contributed by atoms with Gasteiger partial charge in [-0.05, 0) is 18.9 Å². The molecular weight excluding hydrogens is 212 g/mol. The third-order valence-corrected chi connectivity index (χ3v) is 2.48. The van der Waals surface area contributed by atoms with Crippen LogP contribution >= 0.6 is 11.6 Å². The Bertz CT molecular complexity index is 294. The topological polar surface area (TPSA) is 34.2 Å². The van der Waals surface area contributed by atoms with E-state index in [1.165, 1.54) is 0 Å². The lowest BCUT2D eigenvalue weighted by atomic mass is 10.1. The highest BCUT2D eigenvalue weighted by Crippen LogP contribution is 2.16. The first-order chi connectivity index (χ1) is 7.30. The fourth-order valence-electron chi connectivity index (χ4n) is 1.36. The Morgan fingerprint density at radius 3 is 3.00 bits per heavy atom. The molecule has 4 heteroatoms. The van der Waals surface area contributed by atoms with Gasteiger partial charge in [-0.15, -0.1) is 11.6 Å². The molecule has 0 aromatic carbocycles. The number of pyridine rings is 1. The molecule has 84 valence electrons. The molecule has 1 N–H and O–H groups in total. The van der Waals surface area contributed by atoms with Gasteiger partial charge < -0.3 is 10.1 Å². The lowest BCUT2D eigenvalue weighted by Gasteiger charge is -2.17. The van der Waals surface area contributed by atoms with E-state index in [9.17, 15) is 0 Å². The van der Waals surface area contributed by atoms with Crippen molar-refractivity contribution in [1.82, 2.24) is 4.98 Å². The summed E-state index contributed by atoms with van der Waals surface area (Å²) in [6, 6.07) is 4.23. The number of hydrogen-bond acceptors (Lipinski definition) is 3. The molecule has 3 nitrogen and oxygen atoms in total. The lowest BCUT2D eigenvalue weighted by molar-refractivity contribution is 0.398. The van der Waals surface area contributed by atoms with Gasteiger partial charge in [0.15, 0.2) is 0 Å². The van der Waals surface area contributed by atoms with Gasteiger partial charge in [-0.25, -0.2) is 4.98 Å². The molecule has 1 rings (SSSR count). The highest BCUT2D eigenvalue weighted by atomic mass is 35.5. The Labute approximate surface area is 95.8 Å². The second kappa shape index (κ2) is 6.51. The molecule has 1 heterocycles. The predicted octanol–water partition coefficient (Wildman–Crippen LogP) is 2.91. The Kier molecular flexibility index (Phi) is 5.26. The largest absolute Gasteiger partial charge is 0.481 e. The monoisotopic (exact) mass is 228 g/mol. The van der Waals surface area contributed by atoms with E-state index in [0.29, 0.717) is 17.8 Å². The number of rotatable bonds is 6. The molecule has 0 radical (unpaired) electrons. The third-order valence-electron chi connectivity index (χ3n) is 2.27. The normalized spacial score (nSPS) is 12.2. The third kappa shape index (κ3) is 3.96. The van der Waals surface area contributed by atoms with Gasteiger partial charge in [-0.3, -0.25) is 0 Å². The summed E-state index contributed by atoms with van der Waals surface area (Å²) in [4.78, 5) is 4.05. The molecule has 0 saturated carbocycles. The van der Waals surface area contributed by atoms with Crippen molar-refractivity contribution in [3.8, 4) is 5.88 Å². The number of aromatic nitrogens is 1. The number of anilines is 1. The number of halogens is 1. The molecule has 15 heavy (non-hydrogen) atoms. The molecule has 0 aliphatic heterocycles. The first kappa shape index (κ1) is 12.1. The van der Waals surface area contributed by atoms with Gasteiger partial charge in [0.1, 0.15) is 0 Å². The van der Waals surface area contributed by atoms with E-state index in [2.05, 4.69) is 17.2 Å². The van der Waals surface area contributed by atoms with Crippen LogP contribution in [0.25, 0.3) is 0 Å². The number of alkyl halides is 1. The number of ether oxygens (including phenoxy) is 1. The highest BCUT2D eigenvalue weighted by molar-refractivity contribution is 6.17. The fourth-order valence-corrected chi connectivity index (χ4v) is 1.62. The summed E-state index contributed by atoms with van der Waals surface area (Å²) in [5.41, 5.74) is 1.03. The zero-order valence-electron chi connectivity index (χ0n) is 9.16. The summed E-state index contributed by atoms with van der Waals surface area (Å²) in [6.45, 7) is 2.14. The van der Waals surface area contributed by atoms with Crippen LogP contribution in [0.1, 0.15) is 19.8 Å². The predicted molar refractivity (Wildman–Crippen MR) is 63.8 cm³/mol. The van der Waals surface area contributed by atoms with Gasteiger partial charge in [-0.2, -0.15) is 0 Å². The lowest BCUT2D eigenvalue weighted by Crippen LogP contribution is -2.18. The van der Waals surface area contributed by atoms with Crippen LogP contribution in [0, 0.1) is 0 Å². The molecule has 0 amide bonds. The SMILES string of the molecule is CCC(CCCl)Nc1ccnc(OC)c1. The maximum atomic E-state index is 5.72. The van der Waals surface area contributed by atoms with E-state index in [-0.39, 0.29) is 0 Å². The molecule has 0 spiro atoms. The van der Waals surface area contributed by atoms with E-state index < -0.39 is 0 Å². The molecule has 0 aliphatic carbocycles. The van der Waals surface area contributed by atoms with Gasteiger partial charge in [0.05, 0.1) is 7.11 Å². The minimum absolute atomic E-state index is 0.412. The van der Waals surface area contributed by atoms with Crippen molar-refractivity contribution < 1.29 is 4.74 Å². The standard InChI is InChI=1S/C11H17ClN2O/c1-3-9(4-6-12)14-10-5-7-13-11(8-10)15-2/h5,7-9H,3-4,6H2,1-2H3,(H,13,14). The van der Waals surface area contributed by atoms with Gasteiger partial charge >= 0.3 is 0 Å². The summed E-state index contributed by atoms with van der Waals surface area (Å²) in [7, 11) is 1.61. The van der Waals surface area contributed by atoms with Crippen molar-refractivity contribution in [3.05, 3.63) is 18.3 Å². The molecule has 0 saturated heterocycles. The van der Waals surface area contributed by atoms with Crippen LogP contribution < -0.4 is 10.1 Å². The summed E-state index contributed by atoms with van der Waals surface area (Å²) < 4.78 is 5.05. The van der Waals surface area contributed by atoms with Crippen LogP contribution in [0.3, 0.4) is 0 Å². The Balaban J connectivity index is 2.61. The molecule has 1 atom stereocenters. The van der Waals surface area contributed by atoms with Crippen LogP contribution in [0.2, 0.25) is 0 Å². The molecule has 0 bridgehead atoms. The maximum absolute atomic E-state index is 5.72. The fraction of sp³-hybridized carbons (Fsp3) is 0.545. The summed E-state index contributed by atoms with van der Waals surface area (Å²) in [5, 5.41) is 3.40. The van der Waals surface area contributed by atoms with Crippen LogP contribution in [0.15, 0.2) is 18.3 Å². The second-order valence-electron chi connectivity index (χ2n) is 3.31. The Morgan fingerprint density at radius 2 is 2.40 bits per heavy atom. The second-order valence-corrected chi connectivity index (χ2v) is 3.69. The number of hydrogen-bond donors (Lipinski definition) is 1. The van der Waals surface area contributed by atoms with Crippen LogP contribution in [0.4, 0.5) is 5.69 Å². The molecule has 1 unspecified atom stereocenters. The van der Waals surface area contributed by atoms with E-state index in [4.69, 9.17) is 16.3 Å². The summed E-state index contributed by atoms with van der Waals surface area (Å²) in [6.07, 6.45) is 3.74. The van der Waals surface area contributed by atoms with Gasteiger partial charge in [-0.1, -0.05) is 6.92 Å². The first-order valence-electron chi connectivity index (χ1n) is 5.12.